The zero-order valence-electron chi connectivity index (χ0n) is 23.3. The number of amides is 1. The molecule has 0 aromatic heterocycles. The Labute approximate surface area is 229 Å². The molecule has 1 amide bonds. The van der Waals surface area contributed by atoms with Crippen molar-refractivity contribution in [2.24, 2.45) is 5.73 Å². The van der Waals surface area contributed by atoms with Gasteiger partial charge in [0, 0.05) is 6.04 Å². The Morgan fingerprint density at radius 2 is 1.47 bits per heavy atom. The maximum atomic E-state index is 12.5. The van der Waals surface area contributed by atoms with E-state index in [9.17, 15) is 20.1 Å². The molecule has 1 unspecified atom stereocenters. The predicted molar refractivity (Wildman–Crippen MR) is 150 cm³/mol. The molecule has 1 aliphatic heterocycles. The summed E-state index contributed by atoms with van der Waals surface area (Å²) >= 11 is 0. The van der Waals surface area contributed by atoms with E-state index in [2.05, 4.69) is 12.2 Å². The van der Waals surface area contributed by atoms with Crippen LogP contribution in [0.15, 0.2) is 30.3 Å². The summed E-state index contributed by atoms with van der Waals surface area (Å²) in [6, 6.07) is 7.84. The summed E-state index contributed by atoms with van der Waals surface area (Å²) in [6.45, 7) is 1.87. The van der Waals surface area contributed by atoms with Gasteiger partial charge in [0.1, 0.15) is 24.9 Å². The molecule has 1 aromatic carbocycles. The van der Waals surface area contributed by atoms with E-state index in [1.54, 1.807) is 0 Å². The largest absolute Gasteiger partial charge is 0.445 e. The molecule has 8 heteroatoms. The average molecular weight is 537 g/mol. The molecule has 0 spiro atoms. The van der Waals surface area contributed by atoms with Crippen LogP contribution >= 0.6 is 0 Å². The third-order valence-electron chi connectivity index (χ3n) is 7.52. The van der Waals surface area contributed by atoms with Gasteiger partial charge in [0.2, 0.25) is 0 Å². The number of alkyl carbamates (subject to hydrolysis) is 1. The highest BCUT2D eigenvalue weighted by Crippen LogP contribution is 2.25. The van der Waals surface area contributed by atoms with E-state index < -0.39 is 49.2 Å². The number of unbranched alkanes of at least 4 members (excludes halogenated alkanes) is 12. The SMILES string of the molecule is CCCCCCCCCCCCCCCC(N)[C@@H]1O[C@H](CO)[C@@H](O)[C@H](O)[C@H]1NC(=O)OCc1ccccc1. The highest BCUT2D eigenvalue weighted by Gasteiger charge is 2.47. The van der Waals surface area contributed by atoms with Gasteiger partial charge in [-0.05, 0) is 12.0 Å². The third-order valence-corrected chi connectivity index (χ3v) is 7.52. The molecular weight excluding hydrogens is 484 g/mol. The minimum atomic E-state index is -1.35. The van der Waals surface area contributed by atoms with Gasteiger partial charge in [0.15, 0.2) is 0 Å². The Morgan fingerprint density at radius 1 is 0.921 bits per heavy atom. The van der Waals surface area contributed by atoms with Crippen LogP contribution in [0.4, 0.5) is 4.79 Å². The summed E-state index contributed by atoms with van der Waals surface area (Å²) in [5, 5.41) is 33.3. The molecule has 6 N–H and O–H groups in total. The van der Waals surface area contributed by atoms with Gasteiger partial charge in [-0.15, -0.1) is 0 Å². The number of hydrogen-bond donors (Lipinski definition) is 5. The molecule has 1 aliphatic rings. The topological polar surface area (TPSA) is 134 Å². The molecule has 0 aliphatic carbocycles. The van der Waals surface area contributed by atoms with Gasteiger partial charge >= 0.3 is 6.09 Å². The molecule has 8 nitrogen and oxygen atoms in total. The van der Waals surface area contributed by atoms with Crippen molar-refractivity contribution in [3.63, 3.8) is 0 Å². The first kappa shape index (κ1) is 32.5. The number of aliphatic hydroxyl groups is 3. The molecule has 1 aromatic rings. The number of aliphatic hydroxyl groups excluding tert-OH is 3. The van der Waals surface area contributed by atoms with Crippen molar-refractivity contribution in [3.8, 4) is 0 Å². The summed E-state index contributed by atoms with van der Waals surface area (Å²) in [6.07, 6.45) is 11.9. The molecule has 218 valence electrons. The lowest BCUT2D eigenvalue weighted by Gasteiger charge is -2.44. The fourth-order valence-corrected chi connectivity index (χ4v) is 5.14. The van der Waals surface area contributed by atoms with E-state index in [1.165, 1.54) is 64.2 Å². The molecule has 0 saturated carbocycles. The monoisotopic (exact) mass is 536 g/mol. The summed E-state index contributed by atoms with van der Waals surface area (Å²) in [5.41, 5.74) is 7.28. The smallest absolute Gasteiger partial charge is 0.407 e. The van der Waals surface area contributed by atoms with Crippen LogP contribution in [0, 0.1) is 0 Å². The molecule has 38 heavy (non-hydrogen) atoms. The Bertz CT molecular complexity index is 737. The van der Waals surface area contributed by atoms with Gasteiger partial charge in [0.25, 0.3) is 0 Å². The van der Waals surface area contributed by atoms with Crippen LogP contribution in [0.5, 0.6) is 0 Å². The first-order chi connectivity index (χ1) is 18.5. The molecule has 1 saturated heterocycles. The number of carbonyl (C=O) groups is 1. The second-order valence-electron chi connectivity index (χ2n) is 10.7. The second kappa shape index (κ2) is 19.4. The van der Waals surface area contributed by atoms with E-state index in [1.807, 2.05) is 30.3 Å². The number of ether oxygens (including phenoxy) is 2. The van der Waals surface area contributed by atoms with Crippen molar-refractivity contribution in [1.29, 1.82) is 0 Å². The van der Waals surface area contributed by atoms with Gasteiger partial charge in [-0.1, -0.05) is 121 Å². The van der Waals surface area contributed by atoms with Gasteiger partial charge in [0.05, 0.1) is 18.8 Å². The quantitative estimate of drug-likeness (QED) is 0.164. The number of nitrogens with one attached hydrogen (secondary N) is 1. The zero-order chi connectivity index (χ0) is 27.6. The molecule has 0 bridgehead atoms. The summed E-state index contributed by atoms with van der Waals surface area (Å²) in [7, 11) is 0. The van der Waals surface area contributed by atoms with Gasteiger partial charge in [-0.2, -0.15) is 0 Å². The number of carbonyl (C=O) groups excluding carboxylic acids is 1. The number of benzene rings is 1. The first-order valence-corrected chi connectivity index (χ1v) is 14.8. The molecule has 0 radical (unpaired) electrons. The second-order valence-corrected chi connectivity index (χ2v) is 10.7. The lowest BCUT2D eigenvalue weighted by molar-refractivity contribution is -0.198. The Hall–Kier alpha value is -1.71. The Kier molecular flexibility index (Phi) is 16.6. The molecule has 6 atom stereocenters. The normalized spacial score (nSPS) is 24.2. The highest BCUT2D eigenvalue weighted by molar-refractivity contribution is 5.68. The zero-order valence-corrected chi connectivity index (χ0v) is 23.3. The van der Waals surface area contributed by atoms with Crippen LogP contribution in [0.1, 0.15) is 102 Å². The molecule has 1 fully saturated rings. The summed E-state index contributed by atoms with van der Waals surface area (Å²) < 4.78 is 11.2. The highest BCUT2D eigenvalue weighted by atomic mass is 16.6. The first-order valence-electron chi connectivity index (χ1n) is 14.8. The van der Waals surface area contributed by atoms with Crippen LogP contribution in [0.2, 0.25) is 0 Å². The van der Waals surface area contributed by atoms with Gasteiger partial charge in [-0.3, -0.25) is 0 Å². The third kappa shape index (κ3) is 12.0. The van der Waals surface area contributed by atoms with Crippen LogP contribution in [0.3, 0.4) is 0 Å². The van der Waals surface area contributed by atoms with Crippen molar-refractivity contribution in [3.05, 3.63) is 35.9 Å². The van der Waals surface area contributed by atoms with Crippen LogP contribution in [-0.4, -0.2) is 64.5 Å². The minimum absolute atomic E-state index is 0.0772. The fraction of sp³-hybridized carbons (Fsp3) is 0.767. The standard InChI is InChI=1S/C30H52N2O6/c1-2-3-4-5-6-7-8-9-10-11-12-13-17-20-24(31)29-26(28(35)27(34)25(21-33)38-29)32-30(36)37-22-23-18-15-14-16-19-23/h14-16,18-19,24-29,33-35H,2-13,17,20-22,31H2,1H3,(H,32,36)/t24?,25-,26-,27-,28-,29+/m1/s1. The summed E-state index contributed by atoms with van der Waals surface area (Å²) in [5.74, 6) is 0. The van der Waals surface area contributed by atoms with Crippen LogP contribution in [0.25, 0.3) is 0 Å². The lowest BCUT2D eigenvalue weighted by atomic mass is 9.87. The Morgan fingerprint density at radius 3 is 2.03 bits per heavy atom. The van der Waals surface area contributed by atoms with Gasteiger partial charge in [-0.25, -0.2) is 4.79 Å². The maximum absolute atomic E-state index is 12.5. The van der Waals surface area contributed by atoms with Crippen molar-refractivity contribution in [2.75, 3.05) is 6.61 Å². The average Bonchev–Trinajstić information content (AvgIpc) is 2.93. The van der Waals surface area contributed by atoms with E-state index in [4.69, 9.17) is 15.2 Å². The van der Waals surface area contributed by atoms with Gasteiger partial charge < -0.3 is 35.8 Å². The predicted octanol–water partition coefficient (Wildman–Crippen LogP) is 4.57. The number of hydrogen-bond acceptors (Lipinski definition) is 7. The number of nitrogens with two attached hydrogens (primary N) is 1. The van der Waals surface area contributed by atoms with Crippen LogP contribution < -0.4 is 11.1 Å². The van der Waals surface area contributed by atoms with E-state index >= 15 is 0 Å². The van der Waals surface area contributed by atoms with E-state index in [0.29, 0.717) is 6.42 Å². The van der Waals surface area contributed by atoms with E-state index in [-0.39, 0.29) is 6.61 Å². The minimum Gasteiger partial charge on any atom is -0.445 e. The summed E-state index contributed by atoms with van der Waals surface area (Å²) in [4.78, 5) is 12.5. The van der Waals surface area contributed by atoms with Crippen molar-refractivity contribution < 1.29 is 29.6 Å². The van der Waals surface area contributed by atoms with E-state index in [0.717, 1.165) is 24.8 Å². The van der Waals surface area contributed by atoms with Crippen LogP contribution in [-0.2, 0) is 16.1 Å². The molecule has 1 heterocycles. The van der Waals surface area contributed by atoms with Crippen molar-refractivity contribution in [1.82, 2.24) is 5.32 Å². The lowest BCUT2D eigenvalue weighted by Crippen LogP contribution is -2.67. The van der Waals surface area contributed by atoms with Crippen molar-refractivity contribution >= 4 is 6.09 Å². The molecular formula is C30H52N2O6. The fourth-order valence-electron chi connectivity index (χ4n) is 5.14. The molecule has 2 rings (SSSR count). The maximum Gasteiger partial charge on any atom is 0.407 e. The van der Waals surface area contributed by atoms with Crippen molar-refractivity contribution in [2.45, 2.75) is 140 Å². The Balaban J connectivity index is 1.71. The number of rotatable bonds is 19.